The number of hydrogen-bond donors (Lipinski definition) is 0. The lowest BCUT2D eigenvalue weighted by atomic mass is 9.97. The van der Waals surface area contributed by atoms with Gasteiger partial charge in [0, 0.05) is 4.88 Å². The van der Waals surface area contributed by atoms with Crippen molar-refractivity contribution in [3.8, 4) is 0 Å². The topological polar surface area (TPSA) is 69.0 Å². The summed E-state index contributed by atoms with van der Waals surface area (Å²) in [4.78, 5) is 42.4. The van der Waals surface area contributed by atoms with E-state index in [-0.39, 0.29) is 17.1 Å². The molecular weight excluding hydrogens is 288 g/mol. The van der Waals surface area contributed by atoms with Gasteiger partial charge < -0.3 is 0 Å². The molecule has 6 heteroatoms. The Labute approximate surface area is 125 Å². The van der Waals surface area contributed by atoms with E-state index in [1.54, 1.807) is 11.3 Å². The van der Waals surface area contributed by atoms with Crippen molar-refractivity contribution in [2.75, 3.05) is 0 Å². The minimum absolute atomic E-state index is 0.269. The second-order valence-corrected chi connectivity index (χ2v) is 6.56. The summed E-state index contributed by atoms with van der Waals surface area (Å²) in [6.45, 7) is 2.65. The SMILES string of the molecule is CC(=O)C(C(C)=O)n1cnc2sc3c(c2c1=O)CCCC3. The highest BCUT2D eigenvalue weighted by Crippen LogP contribution is 2.33. The van der Waals surface area contributed by atoms with Gasteiger partial charge in [0.25, 0.3) is 5.56 Å². The first kappa shape index (κ1) is 14.1. The van der Waals surface area contributed by atoms with Gasteiger partial charge in [-0.3, -0.25) is 19.0 Å². The molecule has 1 aliphatic rings. The summed E-state index contributed by atoms with van der Waals surface area (Å²) in [6.07, 6.45) is 5.40. The molecule has 1 aliphatic carbocycles. The van der Waals surface area contributed by atoms with Crippen LogP contribution in [0.1, 0.15) is 43.2 Å². The molecule has 2 aromatic rings. The molecule has 0 bridgehead atoms. The summed E-state index contributed by atoms with van der Waals surface area (Å²) in [5, 5.41) is 0.602. The number of ketones is 2. The maximum atomic E-state index is 12.7. The van der Waals surface area contributed by atoms with Gasteiger partial charge in [0.05, 0.1) is 5.39 Å². The number of rotatable bonds is 3. The number of fused-ring (bicyclic) bond motifs is 3. The highest BCUT2D eigenvalue weighted by molar-refractivity contribution is 7.18. The molecule has 0 amide bonds. The number of aryl methyl sites for hydroxylation is 2. The smallest absolute Gasteiger partial charge is 0.263 e. The van der Waals surface area contributed by atoms with Crippen molar-refractivity contribution in [2.24, 2.45) is 0 Å². The normalized spacial score (nSPS) is 14.4. The number of carbonyl (C=O) groups is 2. The Morgan fingerprint density at radius 1 is 1.24 bits per heavy atom. The van der Waals surface area contributed by atoms with Crippen LogP contribution < -0.4 is 5.56 Å². The molecule has 0 aromatic carbocycles. The molecule has 2 heterocycles. The Hall–Kier alpha value is -1.82. The van der Waals surface area contributed by atoms with Crippen LogP contribution in [0.2, 0.25) is 0 Å². The number of hydrogen-bond acceptors (Lipinski definition) is 5. The summed E-state index contributed by atoms with van der Waals surface area (Å²) < 4.78 is 1.19. The van der Waals surface area contributed by atoms with Gasteiger partial charge in [0.15, 0.2) is 17.6 Å². The van der Waals surface area contributed by atoms with Crippen molar-refractivity contribution in [3.63, 3.8) is 0 Å². The van der Waals surface area contributed by atoms with E-state index in [0.29, 0.717) is 10.2 Å². The predicted octanol–water partition coefficient (Wildman–Crippen LogP) is 2.06. The first-order chi connectivity index (χ1) is 10.0. The zero-order valence-electron chi connectivity index (χ0n) is 12.0. The number of aromatic nitrogens is 2. The highest BCUT2D eigenvalue weighted by Gasteiger charge is 2.26. The Bertz CT molecular complexity index is 789. The molecule has 3 rings (SSSR count). The van der Waals surface area contributed by atoms with E-state index in [2.05, 4.69) is 4.98 Å². The average Bonchev–Trinajstić information content (AvgIpc) is 2.80. The molecule has 0 aliphatic heterocycles. The van der Waals surface area contributed by atoms with Gasteiger partial charge in [0.2, 0.25) is 0 Å². The maximum Gasteiger partial charge on any atom is 0.263 e. The van der Waals surface area contributed by atoms with E-state index in [1.165, 1.54) is 29.6 Å². The summed E-state index contributed by atoms with van der Waals surface area (Å²) in [5.41, 5.74) is 0.800. The summed E-state index contributed by atoms with van der Waals surface area (Å²) >= 11 is 1.56. The van der Waals surface area contributed by atoms with Gasteiger partial charge >= 0.3 is 0 Å². The molecule has 0 saturated heterocycles. The van der Waals surface area contributed by atoms with Crippen molar-refractivity contribution in [1.29, 1.82) is 0 Å². The van der Waals surface area contributed by atoms with Gasteiger partial charge in [-0.2, -0.15) is 0 Å². The molecule has 110 valence electrons. The number of nitrogens with zero attached hydrogens (tertiary/aromatic N) is 2. The van der Waals surface area contributed by atoms with Gasteiger partial charge in [-0.05, 0) is 45.1 Å². The second-order valence-electron chi connectivity index (χ2n) is 5.47. The third-order valence-electron chi connectivity index (χ3n) is 3.95. The lowest BCUT2D eigenvalue weighted by Crippen LogP contribution is -2.33. The number of carbonyl (C=O) groups excluding carboxylic acids is 2. The number of Topliss-reactive ketones (excluding diaryl/α,β-unsaturated/α-hetero) is 2. The predicted molar refractivity (Wildman–Crippen MR) is 80.9 cm³/mol. The molecule has 0 radical (unpaired) electrons. The molecule has 0 N–H and O–H groups in total. The zero-order chi connectivity index (χ0) is 15.1. The molecule has 0 saturated carbocycles. The van der Waals surface area contributed by atoms with Crippen LogP contribution in [0.3, 0.4) is 0 Å². The molecule has 0 atom stereocenters. The molecule has 0 fully saturated rings. The van der Waals surface area contributed by atoms with Gasteiger partial charge in [0.1, 0.15) is 11.2 Å². The zero-order valence-corrected chi connectivity index (χ0v) is 12.8. The summed E-state index contributed by atoms with van der Waals surface area (Å²) in [5.74, 6) is -0.676. The molecule has 2 aromatic heterocycles. The minimum atomic E-state index is -1.06. The quantitative estimate of drug-likeness (QED) is 0.814. The Morgan fingerprint density at radius 3 is 2.57 bits per heavy atom. The first-order valence-corrected chi connectivity index (χ1v) is 7.84. The fourth-order valence-electron chi connectivity index (χ4n) is 3.02. The van der Waals surface area contributed by atoms with Crippen molar-refractivity contribution in [1.82, 2.24) is 9.55 Å². The lowest BCUT2D eigenvalue weighted by molar-refractivity contribution is -0.129. The third-order valence-corrected chi connectivity index (χ3v) is 5.15. The fraction of sp³-hybridized carbons (Fsp3) is 0.467. The average molecular weight is 304 g/mol. The monoisotopic (exact) mass is 304 g/mol. The van der Waals surface area contributed by atoms with Crippen molar-refractivity contribution < 1.29 is 9.59 Å². The third kappa shape index (κ3) is 2.23. The molecule has 0 spiro atoms. The van der Waals surface area contributed by atoms with Crippen LogP contribution in [0.4, 0.5) is 0 Å². The van der Waals surface area contributed by atoms with Crippen molar-refractivity contribution >= 4 is 33.1 Å². The van der Waals surface area contributed by atoms with Crippen LogP contribution in [-0.4, -0.2) is 21.1 Å². The summed E-state index contributed by atoms with van der Waals surface area (Å²) in [6, 6.07) is -1.06. The molecule has 5 nitrogen and oxygen atoms in total. The van der Waals surface area contributed by atoms with E-state index in [4.69, 9.17) is 0 Å². The van der Waals surface area contributed by atoms with Crippen LogP contribution in [0.25, 0.3) is 10.2 Å². The van der Waals surface area contributed by atoms with Crippen molar-refractivity contribution in [3.05, 3.63) is 27.1 Å². The fourth-order valence-corrected chi connectivity index (χ4v) is 4.24. The summed E-state index contributed by atoms with van der Waals surface area (Å²) in [7, 11) is 0. The largest absolute Gasteiger partial charge is 0.297 e. The van der Waals surface area contributed by atoms with E-state index >= 15 is 0 Å². The first-order valence-electron chi connectivity index (χ1n) is 7.03. The van der Waals surface area contributed by atoms with Crippen LogP contribution in [0, 0.1) is 0 Å². The Kier molecular flexibility index (Phi) is 3.49. The Balaban J connectivity index is 2.27. The second kappa shape index (κ2) is 5.18. The molecule has 21 heavy (non-hydrogen) atoms. The minimum Gasteiger partial charge on any atom is -0.297 e. The van der Waals surface area contributed by atoms with Crippen LogP contribution in [-0.2, 0) is 22.4 Å². The van der Waals surface area contributed by atoms with Gasteiger partial charge in [-0.25, -0.2) is 4.98 Å². The number of thiophene rings is 1. The maximum absolute atomic E-state index is 12.7. The van der Waals surface area contributed by atoms with Crippen molar-refractivity contribution in [2.45, 2.75) is 45.6 Å². The molecular formula is C15H16N2O3S. The lowest BCUT2D eigenvalue weighted by Gasteiger charge is -2.14. The standard InChI is InChI=1S/C15H16N2O3S/c1-8(18)13(9(2)19)17-7-16-14-12(15(17)20)10-5-3-4-6-11(10)21-14/h7,13H,3-6H2,1-2H3. The van der Waals surface area contributed by atoms with Crippen LogP contribution in [0.15, 0.2) is 11.1 Å². The van der Waals surface area contributed by atoms with E-state index in [9.17, 15) is 14.4 Å². The van der Waals surface area contributed by atoms with E-state index < -0.39 is 6.04 Å². The van der Waals surface area contributed by atoms with E-state index in [1.807, 2.05) is 0 Å². The highest BCUT2D eigenvalue weighted by atomic mass is 32.1. The molecule has 0 unspecified atom stereocenters. The van der Waals surface area contributed by atoms with E-state index in [0.717, 1.165) is 31.2 Å². The van der Waals surface area contributed by atoms with Gasteiger partial charge in [-0.1, -0.05) is 0 Å². The van der Waals surface area contributed by atoms with Gasteiger partial charge in [-0.15, -0.1) is 11.3 Å². The van der Waals surface area contributed by atoms with Crippen LogP contribution >= 0.6 is 11.3 Å². The Morgan fingerprint density at radius 2 is 1.90 bits per heavy atom. The van der Waals surface area contributed by atoms with Crippen LogP contribution in [0.5, 0.6) is 0 Å².